The van der Waals surface area contributed by atoms with E-state index >= 15 is 0 Å². The lowest BCUT2D eigenvalue weighted by molar-refractivity contribution is -0.121. The molecule has 2 amide bonds. The Bertz CT molecular complexity index is 771. The van der Waals surface area contributed by atoms with E-state index in [9.17, 15) is 9.59 Å². The van der Waals surface area contributed by atoms with Crippen LogP contribution in [0.3, 0.4) is 0 Å². The first kappa shape index (κ1) is 20.8. The quantitative estimate of drug-likeness (QED) is 0.694. The van der Waals surface area contributed by atoms with Gasteiger partial charge in [-0.1, -0.05) is 0 Å². The molecule has 26 heavy (non-hydrogen) atoms. The molecule has 0 saturated carbocycles. The molecule has 3 rings (SSSR count). The first-order valence-electron chi connectivity index (χ1n) is 7.96. The third kappa shape index (κ3) is 5.24. The van der Waals surface area contributed by atoms with Crippen LogP contribution in [0.5, 0.6) is 0 Å². The Kier molecular flexibility index (Phi) is 7.54. The summed E-state index contributed by atoms with van der Waals surface area (Å²) in [6.45, 7) is 5.68. The Morgan fingerprint density at radius 2 is 2.19 bits per heavy atom. The van der Waals surface area contributed by atoms with Gasteiger partial charge in [-0.25, -0.2) is 4.98 Å². The van der Waals surface area contributed by atoms with E-state index in [2.05, 4.69) is 20.9 Å². The van der Waals surface area contributed by atoms with Crippen molar-refractivity contribution < 1.29 is 14.3 Å². The number of hydrogen-bond acceptors (Lipinski definition) is 7. The van der Waals surface area contributed by atoms with Gasteiger partial charge in [-0.2, -0.15) is 0 Å². The Labute approximate surface area is 166 Å². The average Bonchev–Trinajstić information content (AvgIpc) is 3.20. The van der Waals surface area contributed by atoms with Gasteiger partial charge in [0.1, 0.15) is 6.04 Å². The minimum atomic E-state index is -0.340. The monoisotopic (exact) mass is 416 g/mol. The molecule has 0 aliphatic carbocycles. The van der Waals surface area contributed by atoms with Gasteiger partial charge in [-0.15, -0.1) is 35.1 Å². The molecule has 3 heterocycles. The zero-order chi connectivity index (χ0) is 17.8. The lowest BCUT2D eigenvalue weighted by Gasteiger charge is -2.22. The van der Waals surface area contributed by atoms with E-state index < -0.39 is 0 Å². The second kappa shape index (κ2) is 9.43. The second-order valence-electron chi connectivity index (χ2n) is 5.67. The number of nitrogens with zero attached hydrogens (tertiary/aromatic N) is 1. The fourth-order valence-electron chi connectivity index (χ4n) is 2.42. The lowest BCUT2D eigenvalue weighted by Crippen LogP contribution is -2.48. The molecule has 0 bridgehead atoms. The number of morpholine rings is 1. The number of aryl methyl sites for hydroxylation is 1. The third-order valence-corrected chi connectivity index (χ3v) is 5.65. The number of thiophene rings is 1. The number of carbonyl (C=O) groups excluding carboxylic acids is 2. The molecule has 0 aromatic carbocycles. The van der Waals surface area contributed by atoms with Crippen LogP contribution in [-0.2, 0) is 20.9 Å². The molecular formula is C16H21ClN4O3S2. The number of hydrogen-bond donors (Lipinski definition) is 3. The van der Waals surface area contributed by atoms with Crippen molar-refractivity contribution in [1.29, 1.82) is 0 Å². The van der Waals surface area contributed by atoms with Crippen molar-refractivity contribution in [2.45, 2.75) is 26.4 Å². The number of anilines is 1. The van der Waals surface area contributed by atoms with E-state index in [1.165, 1.54) is 18.3 Å². The van der Waals surface area contributed by atoms with Crippen LogP contribution in [0.4, 0.5) is 5.13 Å². The summed E-state index contributed by atoms with van der Waals surface area (Å²) < 4.78 is 5.31. The first-order chi connectivity index (χ1) is 12.0. The summed E-state index contributed by atoms with van der Waals surface area (Å²) >= 11 is 3.04. The topological polar surface area (TPSA) is 92.4 Å². The molecule has 0 spiro atoms. The Balaban J connectivity index is 0.00000243. The van der Waals surface area contributed by atoms with Gasteiger partial charge in [-0.05, 0) is 19.1 Å². The van der Waals surface area contributed by atoms with Crippen molar-refractivity contribution in [2.24, 2.45) is 0 Å². The highest BCUT2D eigenvalue weighted by Crippen LogP contribution is 2.34. The number of aromatic nitrogens is 1. The second-order valence-corrected chi connectivity index (χ2v) is 8.04. The van der Waals surface area contributed by atoms with Gasteiger partial charge in [-0.3, -0.25) is 9.59 Å². The highest BCUT2D eigenvalue weighted by atomic mass is 35.5. The normalized spacial score (nSPS) is 16.6. The van der Waals surface area contributed by atoms with Gasteiger partial charge in [0.2, 0.25) is 11.8 Å². The Morgan fingerprint density at radius 1 is 1.38 bits per heavy atom. The number of thiazole rings is 1. The highest BCUT2D eigenvalue weighted by Gasteiger charge is 2.22. The zero-order valence-electron chi connectivity index (χ0n) is 14.5. The summed E-state index contributed by atoms with van der Waals surface area (Å²) in [5.41, 5.74) is 0.868. The van der Waals surface area contributed by atoms with Crippen molar-refractivity contribution in [3.8, 4) is 10.6 Å². The fourth-order valence-corrected chi connectivity index (χ4v) is 4.31. The SMILES string of the molecule is CC(=O)NCc1ccc(-c2nc(NC(=O)C3COCCN3)sc2C)s1.Cl. The van der Waals surface area contributed by atoms with Crippen LogP contribution in [-0.4, -0.2) is 42.6 Å². The van der Waals surface area contributed by atoms with E-state index in [-0.39, 0.29) is 30.3 Å². The van der Waals surface area contributed by atoms with E-state index in [4.69, 9.17) is 4.74 Å². The van der Waals surface area contributed by atoms with Crippen LogP contribution in [0.15, 0.2) is 12.1 Å². The molecule has 1 unspecified atom stereocenters. The van der Waals surface area contributed by atoms with Crippen LogP contribution >= 0.6 is 35.1 Å². The van der Waals surface area contributed by atoms with Crippen molar-refractivity contribution in [3.63, 3.8) is 0 Å². The zero-order valence-corrected chi connectivity index (χ0v) is 16.9. The average molecular weight is 417 g/mol. The predicted octanol–water partition coefficient (Wildman–Crippen LogP) is 2.16. The smallest absolute Gasteiger partial charge is 0.245 e. The molecule has 2 aromatic heterocycles. The van der Waals surface area contributed by atoms with E-state index in [0.29, 0.717) is 31.4 Å². The van der Waals surface area contributed by atoms with Gasteiger partial charge in [0.25, 0.3) is 0 Å². The van der Waals surface area contributed by atoms with Crippen LogP contribution < -0.4 is 16.0 Å². The Morgan fingerprint density at radius 3 is 2.88 bits per heavy atom. The van der Waals surface area contributed by atoms with Crippen LogP contribution in [0.1, 0.15) is 16.7 Å². The van der Waals surface area contributed by atoms with E-state index in [1.807, 2.05) is 19.1 Å². The summed E-state index contributed by atoms with van der Waals surface area (Å²) in [7, 11) is 0. The molecule has 2 aromatic rings. The minimum absolute atomic E-state index is 0. The van der Waals surface area contributed by atoms with E-state index in [1.54, 1.807) is 11.3 Å². The lowest BCUT2D eigenvalue weighted by atomic mass is 10.2. The van der Waals surface area contributed by atoms with Crippen molar-refractivity contribution in [1.82, 2.24) is 15.6 Å². The maximum atomic E-state index is 12.3. The first-order valence-corrected chi connectivity index (χ1v) is 9.59. The third-order valence-electron chi connectivity index (χ3n) is 3.67. The Hall–Kier alpha value is -1.52. The number of carbonyl (C=O) groups is 2. The summed E-state index contributed by atoms with van der Waals surface area (Å²) in [6, 6.07) is 3.63. The summed E-state index contributed by atoms with van der Waals surface area (Å²) in [6.07, 6.45) is 0. The van der Waals surface area contributed by atoms with Crippen molar-refractivity contribution in [3.05, 3.63) is 21.9 Å². The minimum Gasteiger partial charge on any atom is -0.378 e. The number of halogens is 1. The van der Waals surface area contributed by atoms with Crippen LogP contribution in [0, 0.1) is 6.92 Å². The molecule has 7 nitrogen and oxygen atoms in total. The number of amides is 2. The maximum Gasteiger partial charge on any atom is 0.245 e. The van der Waals surface area contributed by atoms with Gasteiger partial charge < -0.3 is 20.7 Å². The largest absolute Gasteiger partial charge is 0.378 e. The number of rotatable bonds is 5. The molecule has 3 N–H and O–H groups in total. The standard InChI is InChI=1S/C16H20N4O3S2.ClH/c1-9-14(13-4-3-11(25-13)7-18-10(2)21)19-16(24-9)20-15(22)12-8-23-6-5-17-12;/h3-4,12,17H,5-8H2,1-2H3,(H,18,21)(H,19,20,22);1H. The molecule has 1 saturated heterocycles. The predicted molar refractivity (Wildman–Crippen MR) is 106 cm³/mol. The van der Waals surface area contributed by atoms with Gasteiger partial charge in [0, 0.05) is 23.2 Å². The molecule has 1 fully saturated rings. The summed E-state index contributed by atoms with van der Waals surface area (Å²) in [5, 5.41) is 9.36. The molecule has 142 valence electrons. The van der Waals surface area contributed by atoms with Gasteiger partial charge in [0.05, 0.1) is 30.3 Å². The fraction of sp³-hybridized carbons (Fsp3) is 0.438. The van der Waals surface area contributed by atoms with Crippen LogP contribution in [0.25, 0.3) is 10.6 Å². The van der Waals surface area contributed by atoms with E-state index in [0.717, 1.165) is 20.3 Å². The van der Waals surface area contributed by atoms with Gasteiger partial charge in [0.15, 0.2) is 5.13 Å². The van der Waals surface area contributed by atoms with Crippen molar-refractivity contribution >= 4 is 52.0 Å². The van der Waals surface area contributed by atoms with Gasteiger partial charge >= 0.3 is 0 Å². The summed E-state index contributed by atoms with van der Waals surface area (Å²) in [5.74, 6) is -0.178. The molecule has 1 aliphatic heterocycles. The maximum absolute atomic E-state index is 12.3. The molecular weight excluding hydrogens is 396 g/mol. The van der Waals surface area contributed by atoms with Crippen LogP contribution in [0.2, 0.25) is 0 Å². The molecule has 10 heteroatoms. The highest BCUT2D eigenvalue weighted by molar-refractivity contribution is 7.18. The number of ether oxygens (including phenoxy) is 1. The summed E-state index contributed by atoms with van der Waals surface area (Å²) in [4.78, 5) is 31.0. The number of nitrogens with one attached hydrogen (secondary N) is 3. The molecule has 1 atom stereocenters. The molecule has 1 aliphatic rings. The van der Waals surface area contributed by atoms with Crippen molar-refractivity contribution in [2.75, 3.05) is 25.1 Å². The molecule has 0 radical (unpaired) electrons.